The van der Waals surface area contributed by atoms with Crippen LogP contribution in [0.25, 0.3) is 6.08 Å². The molecule has 5 nitrogen and oxygen atoms in total. The molecule has 1 fully saturated rings. The fourth-order valence-electron chi connectivity index (χ4n) is 4.55. The number of pyridine rings is 1. The van der Waals surface area contributed by atoms with Crippen LogP contribution >= 0.6 is 15.9 Å². The molecule has 3 aromatic rings. The van der Waals surface area contributed by atoms with Gasteiger partial charge in [-0.2, -0.15) is 0 Å². The molecule has 0 saturated carbocycles. The van der Waals surface area contributed by atoms with Crippen molar-refractivity contribution in [3.05, 3.63) is 106 Å². The third kappa shape index (κ3) is 7.85. The largest absolute Gasteiger partial charge is 0.353 e. The third-order valence-corrected chi connectivity index (χ3v) is 6.79. The molecule has 35 heavy (non-hydrogen) atoms. The molecule has 182 valence electrons. The molecule has 6 heteroatoms. The molecule has 2 aromatic carbocycles. The van der Waals surface area contributed by atoms with Gasteiger partial charge in [-0.1, -0.05) is 60.7 Å². The van der Waals surface area contributed by atoms with E-state index in [1.165, 1.54) is 11.1 Å². The highest BCUT2D eigenvalue weighted by Crippen LogP contribution is 2.29. The zero-order chi connectivity index (χ0) is 24.3. The Kier molecular flexibility index (Phi) is 9.64. The zero-order valence-electron chi connectivity index (χ0n) is 20.0. The number of aromatic nitrogens is 1. The van der Waals surface area contributed by atoms with E-state index in [1.807, 2.05) is 6.07 Å². The van der Waals surface area contributed by atoms with E-state index >= 15 is 0 Å². The fourth-order valence-corrected chi connectivity index (χ4v) is 4.93. The maximum Gasteiger partial charge on any atom is 0.243 e. The Labute approximate surface area is 217 Å². The highest BCUT2D eigenvalue weighted by atomic mass is 79.9. The minimum Gasteiger partial charge on any atom is -0.353 e. The van der Waals surface area contributed by atoms with Crippen molar-refractivity contribution >= 4 is 27.9 Å². The lowest BCUT2D eigenvalue weighted by molar-refractivity contribution is -0.116. The molecule has 1 amide bonds. The van der Waals surface area contributed by atoms with Gasteiger partial charge in [-0.3, -0.25) is 14.7 Å². The van der Waals surface area contributed by atoms with Crippen molar-refractivity contribution in [3.8, 4) is 0 Å². The Bertz CT molecular complexity index is 1040. The first-order valence-corrected chi connectivity index (χ1v) is 13.1. The Balaban J connectivity index is 1.18. The van der Waals surface area contributed by atoms with Gasteiger partial charge in [0.05, 0.1) is 6.04 Å². The lowest BCUT2D eigenvalue weighted by Gasteiger charge is -2.39. The number of hydrogen-bond acceptors (Lipinski definition) is 4. The maximum atomic E-state index is 12.1. The lowest BCUT2D eigenvalue weighted by atomic mass is 9.96. The van der Waals surface area contributed by atoms with Crippen LogP contribution in [0.1, 0.15) is 35.6 Å². The van der Waals surface area contributed by atoms with Crippen LogP contribution in [0.15, 0.2) is 89.7 Å². The number of nitrogens with zero attached hydrogens (tertiary/aromatic N) is 3. The van der Waals surface area contributed by atoms with Gasteiger partial charge in [0.1, 0.15) is 0 Å². The monoisotopic (exact) mass is 532 g/mol. The SMILES string of the molecule is O=C(/C=C/c1cncc(Br)c1)NCCCCN1CCN(C(c2ccccc2)c2ccccc2)CC1. The molecule has 1 aromatic heterocycles. The number of hydrogen-bond donors (Lipinski definition) is 1. The lowest BCUT2D eigenvalue weighted by Crippen LogP contribution is -2.48. The molecule has 0 radical (unpaired) electrons. The molecule has 1 aliphatic heterocycles. The molecule has 0 aliphatic carbocycles. The molecule has 0 atom stereocenters. The van der Waals surface area contributed by atoms with E-state index in [2.05, 4.69) is 96.7 Å². The molecule has 2 heterocycles. The molecule has 4 rings (SSSR count). The van der Waals surface area contributed by atoms with Crippen molar-refractivity contribution in [1.29, 1.82) is 0 Å². The van der Waals surface area contributed by atoms with Gasteiger partial charge in [0.25, 0.3) is 0 Å². The number of amides is 1. The minimum atomic E-state index is -0.0635. The maximum absolute atomic E-state index is 12.1. The molecule has 0 bridgehead atoms. The van der Waals surface area contributed by atoms with Gasteiger partial charge >= 0.3 is 0 Å². The second kappa shape index (κ2) is 13.3. The Morgan fingerprint density at radius 3 is 2.23 bits per heavy atom. The van der Waals surface area contributed by atoms with E-state index in [1.54, 1.807) is 24.5 Å². The number of carbonyl (C=O) groups excluding carboxylic acids is 1. The minimum absolute atomic E-state index is 0.0635. The van der Waals surface area contributed by atoms with Crippen molar-refractivity contribution in [1.82, 2.24) is 20.1 Å². The average Bonchev–Trinajstić information content (AvgIpc) is 2.90. The first-order chi connectivity index (χ1) is 17.2. The van der Waals surface area contributed by atoms with Gasteiger partial charge in [-0.25, -0.2) is 0 Å². The predicted octanol–water partition coefficient (Wildman–Crippen LogP) is 5.16. The first-order valence-electron chi connectivity index (χ1n) is 12.3. The van der Waals surface area contributed by atoms with Gasteiger partial charge in [0.15, 0.2) is 0 Å². The summed E-state index contributed by atoms with van der Waals surface area (Å²) in [5, 5.41) is 2.98. The van der Waals surface area contributed by atoms with Crippen molar-refractivity contribution in [3.63, 3.8) is 0 Å². The second-order valence-corrected chi connectivity index (χ2v) is 9.79. The van der Waals surface area contributed by atoms with Crippen molar-refractivity contribution in [2.45, 2.75) is 18.9 Å². The van der Waals surface area contributed by atoms with E-state index in [9.17, 15) is 4.79 Å². The van der Waals surface area contributed by atoms with Gasteiger partial charge in [-0.05, 0) is 64.1 Å². The Hall–Kier alpha value is -2.80. The molecule has 0 spiro atoms. The third-order valence-electron chi connectivity index (χ3n) is 6.36. The average molecular weight is 534 g/mol. The van der Waals surface area contributed by atoms with Crippen LogP contribution in [0, 0.1) is 0 Å². The summed E-state index contributed by atoms with van der Waals surface area (Å²) in [6.07, 6.45) is 8.87. The van der Waals surface area contributed by atoms with Gasteiger partial charge in [-0.15, -0.1) is 0 Å². The number of unbranched alkanes of at least 4 members (excludes halogenated alkanes) is 1. The number of carbonyl (C=O) groups is 1. The second-order valence-electron chi connectivity index (χ2n) is 8.87. The van der Waals surface area contributed by atoms with Crippen molar-refractivity contribution in [2.75, 3.05) is 39.3 Å². The van der Waals surface area contributed by atoms with E-state index < -0.39 is 0 Å². The summed E-state index contributed by atoms with van der Waals surface area (Å²) in [4.78, 5) is 21.3. The number of rotatable bonds is 10. The smallest absolute Gasteiger partial charge is 0.243 e. The summed E-state index contributed by atoms with van der Waals surface area (Å²) in [7, 11) is 0. The van der Waals surface area contributed by atoms with Crippen LogP contribution in [0.5, 0.6) is 0 Å². The van der Waals surface area contributed by atoms with Crippen LogP contribution in [-0.2, 0) is 4.79 Å². The van der Waals surface area contributed by atoms with Crippen LogP contribution in [0.4, 0.5) is 0 Å². The number of nitrogens with one attached hydrogen (secondary N) is 1. The molecular weight excluding hydrogens is 500 g/mol. The Morgan fingerprint density at radius 1 is 0.943 bits per heavy atom. The quantitative estimate of drug-likeness (QED) is 0.289. The summed E-state index contributed by atoms with van der Waals surface area (Å²) >= 11 is 3.39. The number of piperazine rings is 1. The van der Waals surface area contributed by atoms with E-state index in [4.69, 9.17) is 0 Å². The first kappa shape index (κ1) is 25.3. The van der Waals surface area contributed by atoms with Crippen LogP contribution in [0.2, 0.25) is 0 Å². The van der Waals surface area contributed by atoms with E-state index in [-0.39, 0.29) is 5.91 Å². The van der Waals surface area contributed by atoms with Crippen LogP contribution in [0.3, 0.4) is 0 Å². The molecule has 1 aliphatic rings. The summed E-state index contributed by atoms with van der Waals surface area (Å²) < 4.78 is 0.900. The summed E-state index contributed by atoms with van der Waals surface area (Å²) in [6.45, 7) is 6.04. The van der Waals surface area contributed by atoms with Crippen LogP contribution < -0.4 is 5.32 Å². The van der Waals surface area contributed by atoms with Gasteiger partial charge in [0, 0.05) is 55.7 Å². The summed E-state index contributed by atoms with van der Waals surface area (Å²) in [5.74, 6) is -0.0635. The van der Waals surface area contributed by atoms with E-state index in [0.29, 0.717) is 12.6 Å². The summed E-state index contributed by atoms with van der Waals surface area (Å²) in [6, 6.07) is 23.9. The standard InChI is InChI=1S/C29H33BrN4O/c30-27-21-24(22-31-23-27)13-14-28(35)32-15-7-8-16-33-17-19-34(20-18-33)29(25-9-3-1-4-10-25)26-11-5-2-6-12-26/h1-6,9-14,21-23,29H,7-8,15-20H2,(H,32,35)/b14-13+. The highest BCUT2D eigenvalue weighted by molar-refractivity contribution is 9.10. The highest BCUT2D eigenvalue weighted by Gasteiger charge is 2.26. The van der Waals surface area contributed by atoms with Crippen molar-refractivity contribution in [2.24, 2.45) is 0 Å². The van der Waals surface area contributed by atoms with Gasteiger partial charge < -0.3 is 10.2 Å². The number of benzene rings is 2. The predicted molar refractivity (Wildman–Crippen MR) is 146 cm³/mol. The molecule has 1 N–H and O–H groups in total. The Morgan fingerprint density at radius 2 is 1.60 bits per heavy atom. The number of halogens is 1. The molecular formula is C29H33BrN4O. The van der Waals surface area contributed by atoms with Crippen molar-refractivity contribution < 1.29 is 4.79 Å². The van der Waals surface area contributed by atoms with E-state index in [0.717, 1.165) is 55.6 Å². The molecule has 0 unspecified atom stereocenters. The molecule has 1 saturated heterocycles. The fraction of sp³-hybridized carbons (Fsp3) is 0.310. The summed E-state index contributed by atoms with van der Waals surface area (Å²) in [5.41, 5.74) is 3.61. The topological polar surface area (TPSA) is 48.5 Å². The van der Waals surface area contributed by atoms with Gasteiger partial charge in [0.2, 0.25) is 5.91 Å². The normalized spacial score (nSPS) is 15.0. The van der Waals surface area contributed by atoms with Crippen LogP contribution in [-0.4, -0.2) is 60.0 Å². The zero-order valence-corrected chi connectivity index (χ0v) is 21.6.